The molecule has 1 amide bonds. The Kier molecular flexibility index (Phi) is 6.62. The topological polar surface area (TPSA) is 67.2 Å². The van der Waals surface area contributed by atoms with Gasteiger partial charge < -0.3 is 10.4 Å². The average molecular weight is 604 g/mol. The molecule has 0 aliphatic heterocycles. The van der Waals surface area contributed by atoms with Crippen LogP contribution < -0.4 is 5.32 Å². The van der Waals surface area contributed by atoms with E-state index >= 15 is 0 Å². The molecule has 4 aliphatic carbocycles. The maximum absolute atomic E-state index is 14.0. The largest absolute Gasteiger partial charge is 0.393 e. The Hall–Kier alpha value is -3.77. The van der Waals surface area contributed by atoms with Gasteiger partial charge in [-0.2, -0.15) is 5.10 Å². The molecule has 8 atom stereocenters. The highest BCUT2D eigenvalue weighted by Crippen LogP contribution is 2.66. The summed E-state index contributed by atoms with van der Waals surface area (Å²) in [6, 6.07) is 21.1. The average Bonchev–Trinajstić information content (AvgIpc) is 3.59. The van der Waals surface area contributed by atoms with Gasteiger partial charge in [-0.3, -0.25) is 4.79 Å². The van der Waals surface area contributed by atoms with Gasteiger partial charge in [-0.05, 0) is 126 Å². The van der Waals surface area contributed by atoms with Crippen LogP contribution in [0.25, 0.3) is 22.5 Å². The highest BCUT2D eigenvalue weighted by atomic mass is 19.1. The number of rotatable bonds is 4. The summed E-state index contributed by atoms with van der Waals surface area (Å²) in [5, 5.41) is 22.5. The number of benzene rings is 3. The van der Waals surface area contributed by atoms with E-state index in [9.17, 15) is 14.3 Å². The molecule has 0 spiro atoms. The lowest BCUT2D eigenvalue weighted by Gasteiger charge is -2.59. The number of hydrogen-bond donors (Lipinski definition) is 2. The molecule has 0 saturated heterocycles. The van der Waals surface area contributed by atoms with Crippen molar-refractivity contribution < 1.29 is 14.3 Å². The van der Waals surface area contributed by atoms with Gasteiger partial charge >= 0.3 is 0 Å². The molecule has 1 aromatic heterocycles. The molecule has 3 aromatic carbocycles. The van der Waals surface area contributed by atoms with Crippen LogP contribution >= 0.6 is 0 Å². The van der Waals surface area contributed by atoms with Crippen molar-refractivity contribution in [1.82, 2.24) is 15.1 Å². The van der Waals surface area contributed by atoms with E-state index in [0.29, 0.717) is 18.3 Å². The first-order valence-corrected chi connectivity index (χ1v) is 16.7. The lowest BCUT2D eigenvalue weighted by molar-refractivity contribution is -0.144. The fourth-order valence-electron chi connectivity index (χ4n) is 10.4. The van der Waals surface area contributed by atoms with Gasteiger partial charge in [0, 0.05) is 5.92 Å². The van der Waals surface area contributed by atoms with E-state index < -0.39 is 6.10 Å². The van der Waals surface area contributed by atoms with Gasteiger partial charge in [0.2, 0.25) is 5.91 Å². The Morgan fingerprint density at radius 3 is 2.64 bits per heavy atom. The smallest absolute Gasteiger partial charge is 0.224 e. The van der Waals surface area contributed by atoms with Crippen molar-refractivity contribution in [1.29, 1.82) is 0 Å². The standard InChI is InChI=1S/C39H42FN3O2/c1-23(29-10-6-8-24-7-4-5-9-30(24)29)42-37(45)33-18-17-32-31-16-11-26-19-34-25(22-41-43(34)28-14-12-27(40)13-15-28)20-38(26,2)36(31)35(44)21-39(32,33)3/h4-10,12-15,19,22-23,31-33,35-36,44H,11,16-18,20-21H2,1-3H3,(H,42,45). The molecule has 0 radical (unpaired) electrons. The summed E-state index contributed by atoms with van der Waals surface area (Å²) in [5.74, 6) is 0.707. The Balaban J connectivity index is 1.04. The number of nitrogens with zero attached hydrogens (tertiary/aromatic N) is 2. The van der Waals surface area contributed by atoms with Gasteiger partial charge in [0.15, 0.2) is 0 Å². The van der Waals surface area contributed by atoms with Crippen molar-refractivity contribution in [3.8, 4) is 5.69 Å². The first-order valence-electron chi connectivity index (χ1n) is 16.7. The highest BCUT2D eigenvalue weighted by molar-refractivity contribution is 5.87. The number of halogens is 1. The Morgan fingerprint density at radius 2 is 1.82 bits per heavy atom. The third kappa shape index (κ3) is 4.35. The van der Waals surface area contributed by atoms with E-state index in [-0.39, 0.29) is 40.4 Å². The number of amides is 1. The zero-order chi connectivity index (χ0) is 31.1. The number of fused-ring (bicyclic) bond motifs is 7. The molecule has 45 heavy (non-hydrogen) atoms. The maximum atomic E-state index is 14.0. The number of aliphatic hydroxyl groups is 1. The molecule has 6 heteroatoms. The van der Waals surface area contributed by atoms with Crippen molar-refractivity contribution in [2.75, 3.05) is 0 Å². The first kappa shape index (κ1) is 28.7. The van der Waals surface area contributed by atoms with Crippen molar-refractivity contribution in [2.45, 2.75) is 71.4 Å². The molecular formula is C39H42FN3O2. The summed E-state index contributed by atoms with van der Waals surface area (Å²) >= 11 is 0. The number of aromatic nitrogens is 2. The summed E-state index contributed by atoms with van der Waals surface area (Å²) in [5.41, 5.74) is 5.25. The van der Waals surface area contributed by atoms with Crippen molar-refractivity contribution in [3.05, 3.63) is 101 Å². The predicted octanol–water partition coefficient (Wildman–Crippen LogP) is 7.81. The number of nitrogens with one attached hydrogen (secondary N) is 1. The molecular weight excluding hydrogens is 561 g/mol. The monoisotopic (exact) mass is 603 g/mol. The van der Waals surface area contributed by atoms with Crippen LogP contribution in [0.1, 0.15) is 75.7 Å². The van der Waals surface area contributed by atoms with E-state index in [1.165, 1.54) is 34.0 Å². The van der Waals surface area contributed by atoms with E-state index in [2.05, 4.69) is 68.6 Å². The number of carbonyl (C=O) groups excluding carboxylic acids is 1. The highest BCUT2D eigenvalue weighted by Gasteiger charge is 2.63. The summed E-state index contributed by atoms with van der Waals surface area (Å²) in [6.45, 7) is 6.73. The fraction of sp³-hybridized carbons (Fsp3) is 0.436. The SMILES string of the molecule is CC(NC(=O)C1CCC2C3CCC4=Cc5c(cnn5-c5ccc(F)cc5)CC4(C)C3C(O)CC12C)c1cccc2ccccc12. The molecule has 2 N–H and O–H groups in total. The maximum Gasteiger partial charge on any atom is 0.224 e. The minimum absolute atomic E-state index is 0.0962. The summed E-state index contributed by atoms with van der Waals surface area (Å²) in [4.78, 5) is 14.0. The Bertz CT molecular complexity index is 1820. The van der Waals surface area contributed by atoms with Crippen LogP contribution in [0.2, 0.25) is 0 Å². The van der Waals surface area contributed by atoms with E-state index in [1.807, 2.05) is 16.9 Å². The van der Waals surface area contributed by atoms with Crippen molar-refractivity contribution in [2.24, 2.45) is 34.5 Å². The molecule has 5 nitrogen and oxygen atoms in total. The van der Waals surface area contributed by atoms with Crippen LogP contribution in [0.3, 0.4) is 0 Å². The zero-order valence-electron chi connectivity index (χ0n) is 26.3. The molecule has 232 valence electrons. The second-order valence-electron chi connectivity index (χ2n) is 14.7. The number of allylic oxidation sites excluding steroid dienone is 1. The molecule has 3 saturated carbocycles. The molecule has 8 unspecified atom stereocenters. The second-order valence-corrected chi connectivity index (χ2v) is 14.7. The summed E-state index contributed by atoms with van der Waals surface area (Å²) in [7, 11) is 0. The lowest BCUT2D eigenvalue weighted by Crippen LogP contribution is -2.57. The normalized spacial score (nSPS) is 32.6. The first-order chi connectivity index (χ1) is 21.7. The molecule has 8 rings (SSSR count). The van der Waals surface area contributed by atoms with Crippen LogP contribution in [-0.2, 0) is 11.2 Å². The molecule has 4 aliphatic rings. The fourth-order valence-corrected chi connectivity index (χ4v) is 10.4. The summed E-state index contributed by atoms with van der Waals surface area (Å²) in [6.07, 6.45) is 9.20. The predicted molar refractivity (Wildman–Crippen MR) is 175 cm³/mol. The summed E-state index contributed by atoms with van der Waals surface area (Å²) < 4.78 is 15.5. The van der Waals surface area contributed by atoms with Crippen LogP contribution in [0, 0.1) is 40.3 Å². The molecule has 3 fully saturated rings. The zero-order valence-corrected chi connectivity index (χ0v) is 26.3. The number of aliphatic hydroxyl groups excluding tert-OH is 1. The van der Waals surface area contributed by atoms with Crippen LogP contribution in [0.15, 0.2) is 78.5 Å². The Morgan fingerprint density at radius 1 is 1.04 bits per heavy atom. The lowest BCUT2D eigenvalue weighted by atomic mass is 9.46. The van der Waals surface area contributed by atoms with Crippen LogP contribution in [-0.4, -0.2) is 26.9 Å². The minimum atomic E-state index is -0.470. The van der Waals surface area contributed by atoms with E-state index in [4.69, 9.17) is 5.10 Å². The molecule has 0 bridgehead atoms. The quantitative estimate of drug-likeness (QED) is 0.250. The van der Waals surface area contributed by atoms with E-state index in [1.54, 1.807) is 12.1 Å². The van der Waals surface area contributed by atoms with Gasteiger partial charge in [-0.15, -0.1) is 0 Å². The van der Waals surface area contributed by atoms with Crippen molar-refractivity contribution in [3.63, 3.8) is 0 Å². The van der Waals surface area contributed by atoms with Gasteiger partial charge in [0.1, 0.15) is 5.82 Å². The van der Waals surface area contributed by atoms with Gasteiger partial charge in [-0.25, -0.2) is 9.07 Å². The minimum Gasteiger partial charge on any atom is -0.393 e. The van der Waals surface area contributed by atoms with Gasteiger partial charge in [0.25, 0.3) is 0 Å². The van der Waals surface area contributed by atoms with Gasteiger partial charge in [-0.1, -0.05) is 61.9 Å². The van der Waals surface area contributed by atoms with Crippen molar-refractivity contribution >= 4 is 22.8 Å². The number of hydrogen-bond acceptors (Lipinski definition) is 3. The van der Waals surface area contributed by atoms with Crippen LogP contribution in [0.5, 0.6) is 0 Å². The van der Waals surface area contributed by atoms with Gasteiger partial charge in [0.05, 0.1) is 29.7 Å². The molecule has 4 aromatic rings. The number of carbonyl (C=O) groups is 1. The molecule has 1 heterocycles. The van der Waals surface area contributed by atoms with E-state index in [0.717, 1.165) is 49.0 Å². The second kappa shape index (κ2) is 10.4. The third-order valence-electron chi connectivity index (χ3n) is 12.5. The Labute approximate surface area is 264 Å². The van der Waals surface area contributed by atoms with Crippen LogP contribution in [0.4, 0.5) is 4.39 Å². The third-order valence-corrected chi connectivity index (χ3v) is 12.5.